The van der Waals surface area contributed by atoms with Gasteiger partial charge in [-0.2, -0.15) is 0 Å². The largest absolute Gasteiger partial charge is 0.495 e. The molecule has 4 nitrogen and oxygen atoms in total. The summed E-state index contributed by atoms with van der Waals surface area (Å²) in [6, 6.07) is 5.62. The zero-order valence-electron chi connectivity index (χ0n) is 10.8. The Labute approximate surface area is 117 Å². The first-order valence-electron chi connectivity index (χ1n) is 6.36. The minimum absolute atomic E-state index is 0.492. The Morgan fingerprint density at radius 3 is 3.11 bits per heavy atom. The number of rotatable bonds is 3. The normalized spacial score (nSPS) is 18.7. The highest BCUT2D eigenvalue weighted by Crippen LogP contribution is 2.31. The van der Waals surface area contributed by atoms with Crippen LogP contribution in [0, 0.1) is 0 Å². The smallest absolute Gasteiger partial charge is 0.142 e. The van der Waals surface area contributed by atoms with Crippen LogP contribution < -0.4 is 10.1 Å². The van der Waals surface area contributed by atoms with E-state index in [0.717, 1.165) is 30.9 Å². The second kappa shape index (κ2) is 5.23. The molecule has 0 radical (unpaired) electrons. The van der Waals surface area contributed by atoms with Crippen molar-refractivity contribution < 1.29 is 4.74 Å². The quantitative estimate of drug-likeness (QED) is 0.937. The van der Waals surface area contributed by atoms with Crippen molar-refractivity contribution in [3.63, 3.8) is 0 Å². The number of hydrogen-bond donors (Lipinski definition) is 1. The summed E-state index contributed by atoms with van der Waals surface area (Å²) in [7, 11) is 1.67. The van der Waals surface area contributed by atoms with Crippen molar-refractivity contribution in [2.75, 3.05) is 20.2 Å². The summed E-state index contributed by atoms with van der Waals surface area (Å²) < 4.78 is 7.49. The molecular weight excluding hydrogens is 262 g/mol. The lowest BCUT2D eigenvalue weighted by molar-refractivity contribution is 0.412. The van der Waals surface area contributed by atoms with E-state index in [0.29, 0.717) is 10.9 Å². The van der Waals surface area contributed by atoms with E-state index in [1.54, 1.807) is 7.11 Å². The van der Waals surface area contributed by atoms with Gasteiger partial charge in [-0.15, -0.1) is 0 Å². The van der Waals surface area contributed by atoms with Gasteiger partial charge in [-0.3, -0.25) is 4.57 Å². The van der Waals surface area contributed by atoms with Gasteiger partial charge in [0.2, 0.25) is 0 Å². The monoisotopic (exact) mass is 277 g/mol. The van der Waals surface area contributed by atoms with Crippen molar-refractivity contribution in [1.29, 1.82) is 0 Å². The summed E-state index contributed by atoms with van der Waals surface area (Å²) in [5.74, 6) is 1.29. The Morgan fingerprint density at radius 2 is 2.37 bits per heavy atom. The number of nitrogens with one attached hydrogen (secondary N) is 1. The molecule has 1 N–H and O–H groups in total. The van der Waals surface area contributed by atoms with Gasteiger partial charge in [0.1, 0.15) is 5.75 Å². The van der Waals surface area contributed by atoms with Gasteiger partial charge >= 0.3 is 0 Å². The molecule has 0 spiro atoms. The minimum atomic E-state index is 0.492. The molecule has 1 aromatic carbocycles. The Morgan fingerprint density at radius 1 is 1.47 bits per heavy atom. The summed E-state index contributed by atoms with van der Waals surface area (Å²) in [6.45, 7) is 2.05. The lowest BCUT2D eigenvalue weighted by atomic mass is 10.1. The number of ether oxygens (including phenoxy) is 1. The maximum Gasteiger partial charge on any atom is 0.142 e. The molecule has 0 saturated carbocycles. The molecule has 0 bridgehead atoms. The zero-order valence-corrected chi connectivity index (χ0v) is 11.5. The molecule has 1 aliphatic heterocycles. The topological polar surface area (TPSA) is 39.1 Å². The summed E-state index contributed by atoms with van der Waals surface area (Å²) >= 11 is 6.10. The number of imidazole rings is 1. The van der Waals surface area contributed by atoms with Crippen LogP contribution in [0.25, 0.3) is 5.69 Å². The highest BCUT2D eigenvalue weighted by atomic mass is 35.5. The van der Waals surface area contributed by atoms with Gasteiger partial charge < -0.3 is 10.1 Å². The lowest BCUT2D eigenvalue weighted by Crippen LogP contribution is -2.11. The van der Waals surface area contributed by atoms with E-state index >= 15 is 0 Å². The zero-order chi connectivity index (χ0) is 13.2. The highest BCUT2D eigenvalue weighted by Gasteiger charge is 2.21. The van der Waals surface area contributed by atoms with Crippen LogP contribution in [-0.2, 0) is 0 Å². The second-order valence-electron chi connectivity index (χ2n) is 4.69. The third kappa shape index (κ3) is 2.33. The van der Waals surface area contributed by atoms with E-state index in [1.807, 2.05) is 30.7 Å². The number of nitrogens with zero attached hydrogens (tertiary/aromatic N) is 2. The number of methoxy groups -OCH3 is 1. The molecule has 1 saturated heterocycles. The molecule has 3 rings (SSSR count). The molecule has 5 heteroatoms. The van der Waals surface area contributed by atoms with Crippen molar-refractivity contribution in [3.8, 4) is 11.4 Å². The first-order valence-corrected chi connectivity index (χ1v) is 6.74. The maximum atomic E-state index is 6.10. The van der Waals surface area contributed by atoms with E-state index in [9.17, 15) is 0 Å². The molecule has 1 aliphatic rings. The van der Waals surface area contributed by atoms with E-state index in [1.165, 1.54) is 5.69 Å². The molecule has 1 unspecified atom stereocenters. The van der Waals surface area contributed by atoms with Crippen molar-refractivity contribution in [2.45, 2.75) is 12.3 Å². The molecule has 19 heavy (non-hydrogen) atoms. The van der Waals surface area contributed by atoms with E-state index in [2.05, 4.69) is 14.9 Å². The third-order valence-electron chi connectivity index (χ3n) is 3.55. The Bertz CT molecular complexity index is 576. The molecule has 0 amide bonds. The van der Waals surface area contributed by atoms with Crippen LogP contribution in [0.2, 0.25) is 5.02 Å². The predicted octanol–water partition coefficient (Wildman–Crippen LogP) is 2.61. The molecule has 2 heterocycles. The number of aromatic nitrogens is 2. The summed E-state index contributed by atoms with van der Waals surface area (Å²) in [6.07, 6.45) is 4.88. The summed E-state index contributed by atoms with van der Waals surface area (Å²) in [5.41, 5.74) is 2.14. The molecule has 100 valence electrons. The maximum absolute atomic E-state index is 6.10. The average Bonchev–Trinajstić information content (AvgIpc) is 3.09. The van der Waals surface area contributed by atoms with Crippen LogP contribution in [0.5, 0.6) is 5.75 Å². The van der Waals surface area contributed by atoms with Crippen molar-refractivity contribution in [1.82, 2.24) is 14.9 Å². The van der Waals surface area contributed by atoms with Crippen LogP contribution in [0.15, 0.2) is 30.7 Å². The van der Waals surface area contributed by atoms with Gasteiger partial charge in [-0.05, 0) is 31.2 Å². The van der Waals surface area contributed by atoms with Crippen molar-refractivity contribution in [3.05, 3.63) is 41.4 Å². The Balaban J connectivity index is 2.07. The molecular formula is C14H16ClN3O. The molecule has 0 aliphatic carbocycles. The highest BCUT2D eigenvalue weighted by molar-refractivity contribution is 6.30. The van der Waals surface area contributed by atoms with Crippen LogP contribution in [0.1, 0.15) is 18.0 Å². The van der Waals surface area contributed by atoms with Crippen LogP contribution in [-0.4, -0.2) is 29.8 Å². The molecule has 1 fully saturated rings. The molecule has 1 atom stereocenters. The van der Waals surface area contributed by atoms with E-state index < -0.39 is 0 Å². The molecule has 2 aromatic rings. The van der Waals surface area contributed by atoms with Crippen LogP contribution in [0.3, 0.4) is 0 Å². The fourth-order valence-electron chi connectivity index (χ4n) is 2.57. The van der Waals surface area contributed by atoms with Crippen molar-refractivity contribution in [2.24, 2.45) is 0 Å². The minimum Gasteiger partial charge on any atom is -0.495 e. The Hall–Kier alpha value is -1.52. The van der Waals surface area contributed by atoms with Crippen molar-refractivity contribution >= 4 is 11.6 Å². The number of halogens is 1. The van der Waals surface area contributed by atoms with Gasteiger partial charge in [0, 0.05) is 29.4 Å². The van der Waals surface area contributed by atoms with E-state index in [4.69, 9.17) is 16.3 Å². The predicted molar refractivity (Wildman–Crippen MR) is 75.4 cm³/mol. The van der Waals surface area contributed by atoms with Gasteiger partial charge in [0.25, 0.3) is 0 Å². The fraction of sp³-hybridized carbons (Fsp3) is 0.357. The van der Waals surface area contributed by atoms with Gasteiger partial charge in [-0.25, -0.2) is 4.98 Å². The summed E-state index contributed by atoms with van der Waals surface area (Å²) in [5, 5.41) is 4.08. The fourth-order valence-corrected chi connectivity index (χ4v) is 2.73. The number of hydrogen-bond acceptors (Lipinski definition) is 3. The first-order chi connectivity index (χ1) is 9.29. The van der Waals surface area contributed by atoms with Crippen LogP contribution in [0.4, 0.5) is 0 Å². The number of benzene rings is 1. The lowest BCUT2D eigenvalue weighted by Gasteiger charge is -2.15. The Kier molecular flexibility index (Phi) is 3.44. The van der Waals surface area contributed by atoms with E-state index in [-0.39, 0.29) is 0 Å². The van der Waals surface area contributed by atoms with Gasteiger partial charge in [-0.1, -0.05) is 11.6 Å². The third-order valence-corrected chi connectivity index (χ3v) is 3.78. The second-order valence-corrected chi connectivity index (χ2v) is 5.13. The van der Waals surface area contributed by atoms with Gasteiger partial charge in [0.15, 0.2) is 0 Å². The first kappa shape index (κ1) is 12.5. The average molecular weight is 278 g/mol. The standard InChI is InChI=1S/C14H16ClN3O/c1-19-14-3-2-11(15)6-12(14)18-9-17-8-13(18)10-4-5-16-7-10/h2-3,6,8-10,16H,4-5,7H2,1H3. The molecule has 1 aromatic heterocycles. The van der Waals surface area contributed by atoms with Crippen LogP contribution >= 0.6 is 11.6 Å². The van der Waals surface area contributed by atoms with Gasteiger partial charge in [0.05, 0.1) is 19.1 Å². The SMILES string of the molecule is COc1ccc(Cl)cc1-n1cncc1C1CCNC1. The summed E-state index contributed by atoms with van der Waals surface area (Å²) in [4.78, 5) is 4.28.